The van der Waals surface area contributed by atoms with Gasteiger partial charge in [0, 0.05) is 22.9 Å². The van der Waals surface area contributed by atoms with E-state index in [1.54, 1.807) is 75.4 Å². The van der Waals surface area contributed by atoms with Crippen LogP contribution in [0.15, 0.2) is 72.8 Å². The van der Waals surface area contributed by atoms with Crippen LogP contribution in [0.2, 0.25) is 5.02 Å². The zero-order chi connectivity index (χ0) is 25.0. The zero-order valence-corrected chi connectivity index (χ0v) is 19.9. The summed E-state index contributed by atoms with van der Waals surface area (Å²) < 4.78 is 28.8. The number of nitrogens with zero attached hydrogens (tertiary/aromatic N) is 1. The van der Waals surface area contributed by atoms with Crippen LogP contribution in [-0.2, 0) is 0 Å². The molecule has 4 nitrogen and oxygen atoms in total. The van der Waals surface area contributed by atoms with Gasteiger partial charge in [-0.1, -0.05) is 60.1 Å². The second-order valence-electron chi connectivity index (χ2n) is 9.06. The Morgan fingerprint density at radius 1 is 0.882 bits per heavy atom. The van der Waals surface area contributed by atoms with Crippen molar-refractivity contribution in [3.05, 3.63) is 106 Å². The smallest absolute Gasteiger partial charge is 0.408 e. The Balaban J connectivity index is 2.21. The van der Waals surface area contributed by atoms with E-state index in [0.29, 0.717) is 16.1 Å². The standard InChI is InChI=1S/C27H26ClF2NO3/c1-27(2,3)31(26(33)34)25(18-12-14-19(28)15-13-18)20(17-8-5-4-6-9-17)16-23(32)24-21(29)10-7-11-22(24)30/h4-15,20,25H,16H2,1-3H3,(H,33,34). The molecule has 0 aliphatic rings. The van der Waals surface area contributed by atoms with Crippen LogP contribution in [0.1, 0.15) is 60.6 Å². The van der Waals surface area contributed by atoms with Crippen molar-refractivity contribution < 1.29 is 23.5 Å². The van der Waals surface area contributed by atoms with Crippen molar-refractivity contribution in [3.63, 3.8) is 0 Å². The minimum Gasteiger partial charge on any atom is -0.465 e. The topological polar surface area (TPSA) is 57.6 Å². The molecule has 34 heavy (non-hydrogen) atoms. The average molecular weight is 486 g/mol. The van der Waals surface area contributed by atoms with Gasteiger partial charge in [0.25, 0.3) is 0 Å². The molecule has 3 aromatic carbocycles. The Morgan fingerprint density at radius 3 is 1.94 bits per heavy atom. The average Bonchev–Trinajstić information content (AvgIpc) is 2.76. The van der Waals surface area contributed by atoms with E-state index >= 15 is 0 Å². The van der Waals surface area contributed by atoms with Gasteiger partial charge in [-0.25, -0.2) is 13.6 Å². The second kappa shape index (κ2) is 10.3. The third-order valence-electron chi connectivity index (χ3n) is 5.67. The lowest BCUT2D eigenvalue weighted by Gasteiger charge is -2.43. The molecule has 0 spiro atoms. The van der Waals surface area contributed by atoms with Gasteiger partial charge in [-0.2, -0.15) is 0 Å². The first-order valence-corrected chi connectivity index (χ1v) is 11.2. The molecule has 0 bridgehead atoms. The molecule has 0 aromatic heterocycles. The number of carbonyl (C=O) groups is 2. The summed E-state index contributed by atoms with van der Waals surface area (Å²) in [6, 6.07) is 18.0. The Labute approximate surface area is 202 Å². The van der Waals surface area contributed by atoms with Crippen LogP contribution in [0.4, 0.5) is 13.6 Å². The SMILES string of the molecule is CC(C)(C)N(C(=O)O)C(c1ccc(Cl)cc1)C(CC(=O)c1c(F)cccc1F)c1ccccc1. The molecule has 0 fully saturated rings. The minimum absolute atomic E-state index is 0.310. The fraction of sp³-hybridized carbons (Fsp3) is 0.259. The maximum atomic E-state index is 14.4. The van der Waals surface area contributed by atoms with Gasteiger partial charge in [0.05, 0.1) is 11.6 Å². The van der Waals surface area contributed by atoms with Crippen LogP contribution in [0, 0.1) is 11.6 Å². The predicted molar refractivity (Wildman–Crippen MR) is 128 cm³/mol. The fourth-order valence-electron chi connectivity index (χ4n) is 4.22. The number of amides is 1. The Kier molecular flexibility index (Phi) is 7.72. The van der Waals surface area contributed by atoms with E-state index < -0.39 is 46.6 Å². The van der Waals surface area contributed by atoms with Gasteiger partial charge < -0.3 is 5.11 Å². The third-order valence-corrected chi connectivity index (χ3v) is 5.93. The van der Waals surface area contributed by atoms with E-state index in [1.165, 1.54) is 11.0 Å². The normalized spacial score (nSPS) is 13.2. The van der Waals surface area contributed by atoms with E-state index in [0.717, 1.165) is 12.1 Å². The highest BCUT2D eigenvalue weighted by Gasteiger charge is 2.40. The number of carboxylic acid groups (broad SMARTS) is 1. The maximum Gasteiger partial charge on any atom is 0.408 e. The Hall–Kier alpha value is -3.25. The first kappa shape index (κ1) is 25.4. The van der Waals surface area contributed by atoms with Crippen molar-refractivity contribution >= 4 is 23.5 Å². The highest BCUT2D eigenvalue weighted by molar-refractivity contribution is 6.30. The fourth-order valence-corrected chi connectivity index (χ4v) is 4.35. The quantitative estimate of drug-likeness (QED) is 0.352. The highest BCUT2D eigenvalue weighted by Crippen LogP contribution is 2.42. The molecule has 0 heterocycles. The molecular formula is C27H26ClF2NO3. The first-order chi connectivity index (χ1) is 16.0. The second-order valence-corrected chi connectivity index (χ2v) is 9.50. The van der Waals surface area contributed by atoms with Crippen molar-refractivity contribution in [2.45, 2.75) is 44.7 Å². The molecular weight excluding hydrogens is 460 g/mol. The molecule has 0 radical (unpaired) electrons. The molecule has 0 aliphatic carbocycles. The van der Waals surface area contributed by atoms with E-state index in [1.807, 2.05) is 0 Å². The number of ketones is 1. The van der Waals surface area contributed by atoms with Crippen LogP contribution < -0.4 is 0 Å². The van der Waals surface area contributed by atoms with Crippen molar-refractivity contribution in [1.29, 1.82) is 0 Å². The van der Waals surface area contributed by atoms with Gasteiger partial charge >= 0.3 is 6.09 Å². The van der Waals surface area contributed by atoms with Gasteiger partial charge in [-0.3, -0.25) is 9.69 Å². The lowest BCUT2D eigenvalue weighted by Crippen LogP contribution is -2.49. The van der Waals surface area contributed by atoms with Crippen molar-refractivity contribution in [2.24, 2.45) is 0 Å². The van der Waals surface area contributed by atoms with Gasteiger partial charge in [0.2, 0.25) is 0 Å². The monoisotopic (exact) mass is 485 g/mol. The van der Waals surface area contributed by atoms with Crippen LogP contribution >= 0.6 is 11.6 Å². The Bertz CT molecular complexity index is 1140. The zero-order valence-electron chi connectivity index (χ0n) is 19.1. The van der Waals surface area contributed by atoms with E-state index in [2.05, 4.69) is 0 Å². The lowest BCUT2D eigenvalue weighted by molar-refractivity contribution is 0.0564. The van der Waals surface area contributed by atoms with Crippen LogP contribution in [0.3, 0.4) is 0 Å². The molecule has 0 saturated carbocycles. The highest BCUT2D eigenvalue weighted by atomic mass is 35.5. The number of halogens is 3. The van der Waals surface area contributed by atoms with Crippen molar-refractivity contribution in [2.75, 3.05) is 0 Å². The number of Topliss-reactive ketones (excluding diaryl/α,β-unsaturated/α-hetero) is 1. The molecule has 7 heteroatoms. The van der Waals surface area contributed by atoms with Gasteiger partial charge in [-0.05, 0) is 56.2 Å². The number of hydrogen-bond donors (Lipinski definition) is 1. The molecule has 2 atom stereocenters. The van der Waals surface area contributed by atoms with Crippen molar-refractivity contribution in [3.8, 4) is 0 Å². The molecule has 3 rings (SSSR count). The summed E-state index contributed by atoms with van der Waals surface area (Å²) in [7, 11) is 0. The molecule has 2 unspecified atom stereocenters. The van der Waals surface area contributed by atoms with E-state index in [4.69, 9.17) is 11.6 Å². The molecule has 0 saturated heterocycles. The summed E-state index contributed by atoms with van der Waals surface area (Å²) in [6.07, 6.45) is -1.49. The van der Waals surface area contributed by atoms with Gasteiger partial charge in [0.1, 0.15) is 11.6 Å². The number of benzene rings is 3. The molecule has 1 N–H and O–H groups in total. The largest absolute Gasteiger partial charge is 0.465 e. The molecule has 3 aromatic rings. The number of carbonyl (C=O) groups excluding carboxylic acids is 1. The molecule has 0 aliphatic heterocycles. The number of rotatable bonds is 7. The third kappa shape index (κ3) is 5.62. The van der Waals surface area contributed by atoms with E-state index in [-0.39, 0.29) is 6.42 Å². The maximum absolute atomic E-state index is 14.4. The van der Waals surface area contributed by atoms with Gasteiger partial charge in [-0.15, -0.1) is 0 Å². The minimum atomic E-state index is -1.18. The van der Waals surface area contributed by atoms with Crippen molar-refractivity contribution in [1.82, 2.24) is 4.90 Å². The molecule has 178 valence electrons. The summed E-state index contributed by atoms with van der Waals surface area (Å²) in [5, 5.41) is 10.7. The summed E-state index contributed by atoms with van der Waals surface area (Å²) >= 11 is 6.08. The van der Waals surface area contributed by atoms with Crippen LogP contribution in [-0.4, -0.2) is 27.4 Å². The number of hydrogen-bond acceptors (Lipinski definition) is 2. The summed E-state index contributed by atoms with van der Waals surface area (Å²) in [6.45, 7) is 5.26. The summed E-state index contributed by atoms with van der Waals surface area (Å²) in [5.41, 5.74) is -0.202. The van der Waals surface area contributed by atoms with Crippen LogP contribution in [0.5, 0.6) is 0 Å². The first-order valence-electron chi connectivity index (χ1n) is 10.8. The molecule has 1 amide bonds. The summed E-state index contributed by atoms with van der Waals surface area (Å²) in [5.74, 6) is -3.39. The summed E-state index contributed by atoms with van der Waals surface area (Å²) in [4.78, 5) is 27.0. The Morgan fingerprint density at radius 2 is 1.44 bits per heavy atom. The lowest BCUT2D eigenvalue weighted by atomic mass is 9.80. The predicted octanol–water partition coefficient (Wildman–Crippen LogP) is 7.49. The van der Waals surface area contributed by atoms with Crippen LogP contribution in [0.25, 0.3) is 0 Å². The van der Waals surface area contributed by atoms with Gasteiger partial charge in [0.15, 0.2) is 5.78 Å². The van der Waals surface area contributed by atoms with E-state index in [9.17, 15) is 23.5 Å².